The quantitative estimate of drug-likeness (QED) is 0.402. The Labute approximate surface area is 170 Å². The third-order valence-corrected chi connectivity index (χ3v) is 4.50. The van der Waals surface area contributed by atoms with Crippen LogP contribution >= 0.6 is 0 Å². The SMILES string of the molecule is CCNC(=NCCCNC(=O)c1occc1C)N(C)Cc1ccc2c(c1)OCO2. The van der Waals surface area contributed by atoms with Gasteiger partial charge in [-0.1, -0.05) is 6.07 Å². The smallest absolute Gasteiger partial charge is 0.287 e. The zero-order valence-electron chi connectivity index (χ0n) is 17.2. The van der Waals surface area contributed by atoms with E-state index in [2.05, 4.69) is 20.5 Å². The largest absolute Gasteiger partial charge is 0.459 e. The Hall–Kier alpha value is -3.16. The maximum atomic E-state index is 12.0. The van der Waals surface area contributed by atoms with E-state index in [0.29, 0.717) is 25.4 Å². The average Bonchev–Trinajstić information content (AvgIpc) is 3.34. The van der Waals surface area contributed by atoms with Crippen LogP contribution in [0.1, 0.15) is 35.0 Å². The van der Waals surface area contributed by atoms with Gasteiger partial charge in [-0.15, -0.1) is 0 Å². The van der Waals surface area contributed by atoms with Gasteiger partial charge < -0.3 is 29.4 Å². The molecule has 1 amide bonds. The molecule has 1 aromatic carbocycles. The molecule has 0 atom stereocenters. The number of rotatable bonds is 8. The van der Waals surface area contributed by atoms with Gasteiger partial charge in [-0.3, -0.25) is 9.79 Å². The first-order chi connectivity index (χ1) is 14.1. The van der Waals surface area contributed by atoms with Crippen LogP contribution in [0.3, 0.4) is 0 Å². The molecule has 0 aliphatic carbocycles. The zero-order chi connectivity index (χ0) is 20.6. The molecule has 29 heavy (non-hydrogen) atoms. The lowest BCUT2D eigenvalue weighted by molar-refractivity contribution is 0.0925. The number of benzene rings is 1. The van der Waals surface area contributed by atoms with Crippen LogP contribution in [0.4, 0.5) is 0 Å². The van der Waals surface area contributed by atoms with E-state index in [4.69, 9.17) is 13.9 Å². The summed E-state index contributed by atoms with van der Waals surface area (Å²) in [4.78, 5) is 18.8. The molecule has 3 rings (SSSR count). The lowest BCUT2D eigenvalue weighted by atomic mass is 10.2. The minimum Gasteiger partial charge on any atom is -0.459 e. The summed E-state index contributed by atoms with van der Waals surface area (Å²) in [5, 5.41) is 6.16. The molecule has 0 unspecified atom stereocenters. The summed E-state index contributed by atoms with van der Waals surface area (Å²) < 4.78 is 16.0. The van der Waals surface area contributed by atoms with Crippen LogP contribution in [0.2, 0.25) is 0 Å². The monoisotopic (exact) mass is 400 g/mol. The topological polar surface area (TPSA) is 88.3 Å². The Bertz CT molecular complexity index is 862. The molecular weight excluding hydrogens is 372 g/mol. The fourth-order valence-electron chi connectivity index (χ4n) is 3.01. The van der Waals surface area contributed by atoms with Gasteiger partial charge in [0.05, 0.1) is 6.26 Å². The molecule has 156 valence electrons. The number of fused-ring (bicyclic) bond motifs is 1. The van der Waals surface area contributed by atoms with Crippen molar-refractivity contribution in [2.24, 2.45) is 4.99 Å². The molecule has 1 aliphatic rings. The number of nitrogens with zero attached hydrogens (tertiary/aromatic N) is 2. The van der Waals surface area contributed by atoms with Gasteiger partial charge in [0, 0.05) is 38.8 Å². The maximum absolute atomic E-state index is 12.0. The first kappa shape index (κ1) is 20.6. The summed E-state index contributed by atoms with van der Waals surface area (Å²) in [7, 11) is 1.99. The van der Waals surface area contributed by atoms with E-state index in [9.17, 15) is 4.79 Å². The van der Waals surface area contributed by atoms with Crippen LogP contribution in [0.25, 0.3) is 0 Å². The highest BCUT2D eigenvalue weighted by Gasteiger charge is 2.15. The molecule has 0 saturated heterocycles. The van der Waals surface area contributed by atoms with E-state index in [0.717, 1.165) is 41.6 Å². The molecule has 0 spiro atoms. The number of nitrogens with one attached hydrogen (secondary N) is 2. The summed E-state index contributed by atoms with van der Waals surface area (Å²) in [5.41, 5.74) is 1.95. The highest BCUT2D eigenvalue weighted by molar-refractivity contribution is 5.92. The van der Waals surface area contributed by atoms with E-state index < -0.39 is 0 Å². The molecule has 2 heterocycles. The van der Waals surface area contributed by atoms with Crippen molar-refractivity contribution in [1.82, 2.24) is 15.5 Å². The number of aryl methyl sites for hydroxylation is 1. The number of carbonyl (C=O) groups is 1. The van der Waals surface area contributed by atoms with Crippen LogP contribution in [-0.2, 0) is 6.54 Å². The molecular formula is C21H28N4O4. The van der Waals surface area contributed by atoms with Gasteiger partial charge in [-0.25, -0.2) is 0 Å². The van der Waals surface area contributed by atoms with E-state index in [1.165, 1.54) is 6.26 Å². The van der Waals surface area contributed by atoms with E-state index in [1.54, 1.807) is 6.07 Å². The first-order valence-electron chi connectivity index (χ1n) is 9.78. The second kappa shape index (κ2) is 9.86. The van der Waals surface area contributed by atoms with Crippen LogP contribution in [0, 0.1) is 6.92 Å². The number of ether oxygens (including phenoxy) is 2. The molecule has 0 fully saturated rings. The molecule has 0 saturated carbocycles. The Kier molecular flexibility index (Phi) is 6.99. The van der Waals surface area contributed by atoms with Gasteiger partial charge in [0.15, 0.2) is 23.2 Å². The summed E-state index contributed by atoms with van der Waals surface area (Å²) in [6, 6.07) is 7.73. The highest BCUT2D eigenvalue weighted by Crippen LogP contribution is 2.32. The van der Waals surface area contributed by atoms with E-state index in [1.807, 2.05) is 39.1 Å². The standard InChI is InChI=1S/C21H28N4O4/c1-4-22-21(24-10-5-9-23-20(26)19-15(2)8-11-27-19)25(3)13-16-6-7-17-18(12-16)29-14-28-17/h6-8,11-12H,4-5,9-10,13-14H2,1-3H3,(H,22,24)(H,23,26). The number of guanidine groups is 1. The molecule has 0 bridgehead atoms. The second-order valence-corrected chi connectivity index (χ2v) is 6.82. The van der Waals surface area contributed by atoms with Crippen molar-refractivity contribution in [3.63, 3.8) is 0 Å². The van der Waals surface area contributed by atoms with E-state index in [-0.39, 0.29) is 12.7 Å². The fraction of sp³-hybridized carbons (Fsp3) is 0.429. The Morgan fingerprint density at radius 3 is 2.79 bits per heavy atom. The van der Waals surface area contributed by atoms with E-state index >= 15 is 0 Å². The van der Waals surface area contributed by atoms with Crippen molar-refractivity contribution in [2.75, 3.05) is 33.5 Å². The Morgan fingerprint density at radius 1 is 1.21 bits per heavy atom. The summed E-state index contributed by atoms with van der Waals surface area (Å²) >= 11 is 0. The van der Waals surface area contributed by atoms with Crippen molar-refractivity contribution < 1.29 is 18.7 Å². The van der Waals surface area contributed by atoms with Gasteiger partial charge in [0.25, 0.3) is 5.91 Å². The first-order valence-corrected chi connectivity index (χ1v) is 9.78. The van der Waals surface area contributed by atoms with Crippen molar-refractivity contribution in [2.45, 2.75) is 26.8 Å². The van der Waals surface area contributed by atoms with Crippen molar-refractivity contribution in [3.8, 4) is 11.5 Å². The van der Waals surface area contributed by atoms with Gasteiger partial charge in [0.1, 0.15) is 0 Å². The molecule has 0 radical (unpaired) electrons. The summed E-state index contributed by atoms with van der Waals surface area (Å²) in [6.07, 6.45) is 2.26. The number of aliphatic imine (C=N–C) groups is 1. The third kappa shape index (κ3) is 5.43. The molecule has 2 aromatic rings. The summed E-state index contributed by atoms with van der Waals surface area (Å²) in [5.74, 6) is 2.55. The third-order valence-electron chi connectivity index (χ3n) is 4.50. The zero-order valence-corrected chi connectivity index (χ0v) is 17.2. The molecule has 1 aromatic heterocycles. The number of hydrogen-bond acceptors (Lipinski definition) is 5. The number of hydrogen-bond donors (Lipinski definition) is 2. The predicted molar refractivity (Wildman–Crippen MR) is 110 cm³/mol. The van der Waals surface area contributed by atoms with Gasteiger partial charge in [-0.2, -0.15) is 0 Å². The Morgan fingerprint density at radius 2 is 2.03 bits per heavy atom. The normalized spacial score (nSPS) is 12.7. The average molecular weight is 400 g/mol. The summed E-state index contributed by atoms with van der Waals surface area (Å²) in [6.45, 7) is 6.76. The minimum atomic E-state index is -0.191. The predicted octanol–water partition coefficient (Wildman–Crippen LogP) is 2.53. The second-order valence-electron chi connectivity index (χ2n) is 6.82. The lowest BCUT2D eigenvalue weighted by Crippen LogP contribution is -2.38. The molecule has 8 heteroatoms. The minimum absolute atomic E-state index is 0.191. The Balaban J connectivity index is 1.48. The van der Waals surface area contributed by atoms with Gasteiger partial charge in [-0.05, 0) is 44.0 Å². The maximum Gasteiger partial charge on any atom is 0.287 e. The van der Waals surface area contributed by atoms with Crippen LogP contribution in [-0.4, -0.2) is 50.2 Å². The van der Waals surface area contributed by atoms with Crippen molar-refractivity contribution in [1.29, 1.82) is 0 Å². The molecule has 1 aliphatic heterocycles. The fourth-order valence-corrected chi connectivity index (χ4v) is 3.01. The van der Waals surface area contributed by atoms with Crippen LogP contribution in [0.15, 0.2) is 39.9 Å². The molecule has 8 nitrogen and oxygen atoms in total. The lowest BCUT2D eigenvalue weighted by Gasteiger charge is -2.22. The highest BCUT2D eigenvalue weighted by atomic mass is 16.7. The van der Waals surface area contributed by atoms with Gasteiger partial charge in [0.2, 0.25) is 6.79 Å². The van der Waals surface area contributed by atoms with Crippen LogP contribution in [0.5, 0.6) is 11.5 Å². The van der Waals surface area contributed by atoms with Crippen LogP contribution < -0.4 is 20.1 Å². The number of amides is 1. The molecule has 2 N–H and O–H groups in total. The number of carbonyl (C=O) groups excluding carboxylic acids is 1. The number of furan rings is 1. The van der Waals surface area contributed by atoms with Crippen molar-refractivity contribution in [3.05, 3.63) is 47.4 Å². The van der Waals surface area contributed by atoms with Gasteiger partial charge >= 0.3 is 0 Å². The van der Waals surface area contributed by atoms with Crippen molar-refractivity contribution >= 4 is 11.9 Å².